The molecule has 1 aromatic carbocycles. The van der Waals surface area contributed by atoms with E-state index in [9.17, 15) is 9.59 Å². The highest BCUT2D eigenvalue weighted by atomic mass is 35.5. The average Bonchev–Trinajstić information content (AvgIpc) is 2.98. The highest BCUT2D eigenvalue weighted by Crippen LogP contribution is 2.34. The van der Waals surface area contributed by atoms with Crippen LogP contribution in [0.15, 0.2) is 23.2 Å². The Morgan fingerprint density at radius 1 is 1.26 bits per heavy atom. The molecule has 1 fully saturated rings. The van der Waals surface area contributed by atoms with Gasteiger partial charge in [0.1, 0.15) is 11.8 Å². The van der Waals surface area contributed by atoms with Crippen LogP contribution < -0.4 is 4.90 Å². The summed E-state index contributed by atoms with van der Waals surface area (Å²) in [6.07, 6.45) is 0.692. The van der Waals surface area contributed by atoms with E-state index in [0.29, 0.717) is 42.1 Å². The molecular formula is C19H24Cl2N2O4. The van der Waals surface area contributed by atoms with Crippen molar-refractivity contribution in [2.45, 2.75) is 39.7 Å². The first kappa shape index (κ1) is 21.5. The fourth-order valence-corrected chi connectivity index (χ4v) is 3.50. The zero-order valence-corrected chi connectivity index (χ0v) is 17.2. The number of hydrogen-bond acceptors (Lipinski definition) is 5. The summed E-state index contributed by atoms with van der Waals surface area (Å²) in [4.78, 5) is 30.7. The maximum Gasteiger partial charge on any atom is 0.316 e. The Labute approximate surface area is 169 Å². The normalized spacial score (nSPS) is 19.2. The molecule has 2 atom stereocenters. The Morgan fingerprint density at radius 2 is 1.96 bits per heavy atom. The van der Waals surface area contributed by atoms with Crippen molar-refractivity contribution in [1.82, 2.24) is 0 Å². The summed E-state index contributed by atoms with van der Waals surface area (Å²) in [5, 5.41) is 0.997. The van der Waals surface area contributed by atoms with Crippen LogP contribution in [0.3, 0.4) is 0 Å². The number of carbonyl (C=O) groups excluding carboxylic acids is 2. The zero-order valence-electron chi connectivity index (χ0n) is 15.7. The third-order valence-corrected chi connectivity index (χ3v) is 4.66. The van der Waals surface area contributed by atoms with Gasteiger partial charge in [0.25, 0.3) is 0 Å². The highest BCUT2D eigenvalue weighted by Gasteiger charge is 2.37. The van der Waals surface area contributed by atoms with Crippen LogP contribution in [-0.2, 0) is 19.1 Å². The molecule has 0 spiro atoms. The maximum absolute atomic E-state index is 12.4. The van der Waals surface area contributed by atoms with Crippen LogP contribution in [0.2, 0.25) is 10.0 Å². The molecule has 1 aliphatic rings. The van der Waals surface area contributed by atoms with Gasteiger partial charge in [0.05, 0.1) is 36.4 Å². The first-order valence-corrected chi connectivity index (χ1v) is 9.75. The minimum Gasteiger partial charge on any atom is -0.466 e. The van der Waals surface area contributed by atoms with E-state index >= 15 is 0 Å². The maximum atomic E-state index is 12.4. The molecule has 1 heterocycles. The lowest BCUT2D eigenvalue weighted by Crippen LogP contribution is -2.33. The molecule has 1 saturated heterocycles. The Morgan fingerprint density at radius 3 is 2.59 bits per heavy atom. The van der Waals surface area contributed by atoms with Crippen molar-refractivity contribution in [2.24, 2.45) is 10.9 Å². The number of carbonyl (C=O) groups is 2. The number of anilines is 1. The quantitative estimate of drug-likeness (QED) is 0.627. The third kappa shape index (κ3) is 5.59. The van der Waals surface area contributed by atoms with Crippen LogP contribution in [0, 0.1) is 5.92 Å². The Bertz CT molecular complexity index is 724. The summed E-state index contributed by atoms with van der Waals surface area (Å²) >= 11 is 12.3. The number of rotatable bonds is 7. The van der Waals surface area contributed by atoms with Crippen molar-refractivity contribution in [3.8, 4) is 0 Å². The Hall–Kier alpha value is -1.79. The highest BCUT2D eigenvalue weighted by molar-refractivity contribution is 6.37. The number of esters is 2. The lowest BCUT2D eigenvalue weighted by Gasteiger charge is -2.23. The van der Waals surface area contributed by atoms with E-state index in [1.165, 1.54) is 0 Å². The first-order valence-electron chi connectivity index (χ1n) is 8.99. The van der Waals surface area contributed by atoms with Gasteiger partial charge in [-0.1, -0.05) is 23.2 Å². The summed E-state index contributed by atoms with van der Waals surface area (Å²) in [6, 6.07) is 4.84. The number of benzene rings is 1. The van der Waals surface area contributed by atoms with E-state index < -0.39 is 5.92 Å². The topological polar surface area (TPSA) is 68.2 Å². The minimum absolute atomic E-state index is 0.134. The van der Waals surface area contributed by atoms with Crippen LogP contribution in [0.4, 0.5) is 5.69 Å². The van der Waals surface area contributed by atoms with Gasteiger partial charge >= 0.3 is 11.9 Å². The molecule has 27 heavy (non-hydrogen) atoms. The lowest BCUT2D eigenvalue weighted by molar-refractivity contribution is -0.145. The number of ether oxygens (including phenoxy) is 2. The summed E-state index contributed by atoms with van der Waals surface area (Å²) in [6.45, 7) is 6.51. The smallest absolute Gasteiger partial charge is 0.316 e. The van der Waals surface area contributed by atoms with Gasteiger partial charge in [-0.15, -0.1) is 0 Å². The zero-order chi connectivity index (χ0) is 20.0. The van der Waals surface area contributed by atoms with E-state index in [0.717, 1.165) is 5.69 Å². The fraction of sp³-hybridized carbons (Fsp3) is 0.526. The van der Waals surface area contributed by atoms with Crippen molar-refractivity contribution in [3.05, 3.63) is 28.2 Å². The molecule has 0 aromatic heterocycles. The molecule has 6 nitrogen and oxygen atoms in total. The molecule has 0 N–H and O–H groups in total. The van der Waals surface area contributed by atoms with Crippen LogP contribution in [-0.4, -0.2) is 43.6 Å². The molecule has 1 aliphatic heterocycles. The molecule has 1 aromatic rings. The second-order valence-electron chi connectivity index (χ2n) is 6.19. The Kier molecular flexibility index (Phi) is 7.92. The number of halogens is 2. The summed E-state index contributed by atoms with van der Waals surface area (Å²) in [5.41, 5.74) is 0.718. The molecule has 0 bridgehead atoms. The van der Waals surface area contributed by atoms with Crippen molar-refractivity contribution in [1.29, 1.82) is 0 Å². The van der Waals surface area contributed by atoms with Crippen LogP contribution in [0.5, 0.6) is 0 Å². The van der Waals surface area contributed by atoms with E-state index in [4.69, 9.17) is 32.7 Å². The molecule has 2 unspecified atom stereocenters. The molecule has 0 aliphatic carbocycles. The standard InChI is InChI=1S/C19H24Cl2N2O4/c1-4-26-17(24)10-12(3)22-18-14(19(25)27-5-2)8-9-23(18)16-7-6-13(20)11-15(16)21/h6-7,11-12,14H,4-5,8-10H2,1-3H3. The van der Waals surface area contributed by atoms with Crippen molar-refractivity contribution in [2.75, 3.05) is 24.7 Å². The van der Waals surface area contributed by atoms with E-state index in [2.05, 4.69) is 4.99 Å². The van der Waals surface area contributed by atoms with E-state index in [1.54, 1.807) is 32.0 Å². The number of amidine groups is 1. The van der Waals surface area contributed by atoms with Crippen molar-refractivity contribution < 1.29 is 19.1 Å². The second-order valence-corrected chi connectivity index (χ2v) is 7.03. The molecular weight excluding hydrogens is 391 g/mol. The molecule has 0 amide bonds. The van der Waals surface area contributed by atoms with Crippen LogP contribution >= 0.6 is 23.2 Å². The Balaban J connectivity index is 2.33. The van der Waals surface area contributed by atoms with Crippen molar-refractivity contribution >= 4 is 46.7 Å². The number of aliphatic imine (C=N–C) groups is 1. The molecule has 0 radical (unpaired) electrons. The van der Waals surface area contributed by atoms with Crippen molar-refractivity contribution in [3.63, 3.8) is 0 Å². The predicted molar refractivity (Wildman–Crippen MR) is 107 cm³/mol. The van der Waals surface area contributed by atoms with E-state index in [-0.39, 0.29) is 24.4 Å². The van der Waals surface area contributed by atoms with Gasteiger partial charge in [0, 0.05) is 11.6 Å². The van der Waals surface area contributed by atoms with Gasteiger partial charge in [-0.25, -0.2) is 0 Å². The van der Waals surface area contributed by atoms with Gasteiger partial charge in [-0.05, 0) is 45.4 Å². The summed E-state index contributed by atoms with van der Waals surface area (Å²) in [5.74, 6) is -0.598. The van der Waals surface area contributed by atoms with E-state index in [1.807, 2.05) is 11.8 Å². The average molecular weight is 415 g/mol. The van der Waals surface area contributed by atoms with Gasteiger partial charge < -0.3 is 14.4 Å². The third-order valence-electron chi connectivity index (χ3n) is 4.12. The van der Waals surface area contributed by atoms with Crippen LogP contribution in [0.25, 0.3) is 0 Å². The molecule has 2 rings (SSSR count). The van der Waals surface area contributed by atoms with Gasteiger partial charge in [-0.2, -0.15) is 0 Å². The molecule has 8 heteroatoms. The molecule has 0 saturated carbocycles. The van der Waals surface area contributed by atoms with Crippen LogP contribution in [0.1, 0.15) is 33.6 Å². The van der Waals surface area contributed by atoms with Gasteiger partial charge in [-0.3, -0.25) is 14.6 Å². The number of nitrogens with zero attached hydrogens (tertiary/aromatic N) is 2. The second kappa shape index (κ2) is 9.95. The predicted octanol–water partition coefficient (Wildman–Crippen LogP) is 4.12. The lowest BCUT2D eigenvalue weighted by atomic mass is 10.1. The fourth-order valence-electron chi connectivity index (χ4n) is 2.99. The monoisotopic (exact) mass is 414 g/mol. The SMILES string of the molecule is CCOC(=O)CC(C)N=C1C(C(=O)OCC)CCN1c1ccc(Cl)cc1Cl. The largest absolute Gasteiger partial charge is 0.466 e. The summed E-state index contributed by atoms with van der Waals surface area (Å²) < 4.78 is 10.2. The van der Waals surface area contributed by atoms with Gasteiger partial charge in [0.15, 0.2) is 0 Å². The first-order chi connectivity index (χ1) is 12.9. The molecule has 148 valence electrons. The summed E-state index contributed by atoms with van der Waals surface area (Å²) in [7, 11) is 0. The number of hydrogen-bond donors (Lipinski definition) is 0. The minimum atomic E-state index is -0.499. The van der Waals surface area contributed by atoms with Gasteiger partial charge in [0.2, 0.25) is 0 Å².